The van der Waals surface area contributed by atoms with Crippen molar-refractivity contribution in [2.45, 2.75) is 44.7 Å². The molecule has 1 atom stereocenters. The molecule has 0 aromatic carbocycles. The minimum Gasteiger partial charge on any atom is -0.469 e. The number of hydrogen-bond donors (Lipinski definition) is 1. The SMILES string of the molecule is COC(=O)C1(CCc2c3n(ccc2=O)N[C@@H]2COCCN2C3=O)CCCC1. The largest absolute Gasteiger partial charge is 0.469 e. The van der Waals surface area contributed by atoms with Gasteiger partial charge in [-0.05, 0) is 25.7 Å². The summed E-state index contributed by atoms with van der Waals surface area (Å²) in [5.74, 6) is -0.365. The average Bonchev–Trinajstić information content (AvgIpc) is 3.17. The molecule has 1 aromatic heterocycles. The molecule has 8 nitrogen and oxygen atoms in total. The lowest BCUT2D eigenvalue weighted by atomic mass is 9.80. The Labute approximate surface area is 157 Å². The quantitative estimate of drug-likeness (QED) is 0.786. The molecule has 2 fully saturated rings. The summed E-state index contributed by atoms with van der Waals surface area (Å²) >= 11 is 0. The van der Waals surface area contributed by atoms with Crippen molar-refractivity contribution in [3.05, 3.63) is 33.7 Å². The van der Waals surface area contributed by atoms with Gasteiger partial charge < -0.3 is 19.8 Å². The maximum absolute atomic E-state index is 13.1. The molecule has 1 aliphatic carbocycles. The third-order valence-corrected chi connectivity index (χ3v) is 6.11. The van der Waals surface area contributed by atoms with Crippen LogP contribution >= 0.6 is 0 Å². The predicted octanol–water partition coefficient (Wildman–Crippen LogP) is 0.870. The molecule has 3 heterocycles. The van der Waals surface area contributed by atoms with E-state index in [2.05, 4.69) is 5.43 Å². The Morgan fingerprint density at radius 3 is 2.89 bits per heavy atom. The number of carbonyl (C=O) groups is 2. The molecule has 1 N–H and O–H groups in total. The van der Waals surface area contributed by atoms with E-state index in [9.17, 15) is 14.4 Å². The van der Waals surface area contributed by atoms with Crippen LogP contribution < -0.4 is 10.9 Å². The molecule has 0 bridgehead atoms. The number of amides is 1. The number of rotatable bonds is 4. The van der Waals surface area contributed by atoms with Crippen molar-refractivity contribution in [3.8, 4) is 0 Å². The Morgan fingerprint density at radius 1 is 1.37 bits per heavy atom. The molecule has 1 saturated carbocycles. The third-order valence-electron chi connectivity index (χ3n) is 6.11. The van der Waals surface area contributed by atoms with Gasteiger partial charge in [-0.25, -0.2) is 0 Å². The predicted molar refractivity (Wildman–Crippen MR) is 96.9 cm³/mol. The number of methoxy groups -OCH3 is 1. The molecule has 0 spiro atoms. The Kier molecular flexibility index (Phi) is 4.67. The van der Waals surface area contributed by atoms with Gasteiger partial charge in [-0.2, -0.15) is 0 Å². The summed E-state index contributed by atoms with van der Waals surface area (Å²) in [5.41, 5.74) is 3.37. The molecule has 0 radical (unpaired) electrons. The van der Waals surface area contributed by atoms with Crippen molar-refractivity contribution in [1.29, 1.82) is 0 Å². The van der Waals surface area contributed by atoms with Crippen LogP contribution in [0.1, 0.15) is 48.2 Å². The van der Waals surface area contributed by atoms with Crippen molar-refractivity contribution >= 4 is 11.9 Å². The maximum Gasteiger partial charge on any atom is 0.311 e. The smallest absolute Gasteiger partial charge is 0.311 e. The van der Waals surface area contributed by atoms with E-state index in [-0.39, 0.29) is 23.5 Å². The van der Waals surface area contributed by atoms with Gasteiger partial charge in [0.1, 0.15) is 11.9 Å². The zero-order valence-electron chi connectivity index (χ0n) is 15.5. The van der Waals surface area contributed by atoms with E-state index in [1.165, 1.54) is 13.2 Å². The van der Waals surface area contributed by atoms with E-state index >= 15 is 0 Å². The van der Waals surface area contributed by atoms with Gasteiger partial charge in [0, 0.05) is 24.4 Å². The normalized spacial score (nSPS) is 23.4. The highest BCUT2D eigenvalue weighted by atomic mass is 16.5. The van der Waals surface area contributed by atoms with E-state index < -0.39 is 5.41 Å². The highest BCUT2D eigenvalue weighted by Crippen LogP contribution is 2.43. The van der Waals surface area contributed by atoms with Crippen LogP contribution in [-0.2, 0) is 20.7 Å². The van der Waals surface area contributed by atoms with Crippen LogP contribution in [0.2, 0.25) is 0 Å². The monoisotopic (exact) mass is 375 g/mol. The fourth-order valence-electron chi connectivity index (χ4n) is 4.60. The van der Waals surface area contributed by atoms with Gasteiger partial charge in [0.2, 0.25) is 0 Å². The lowest BCUT2D eigenvalue weighted by Crippen LogP contribution is -2.59. The van der Waals surface area contributed by atoms with E-state index in [1.807, 2.05) is 0 Å². The zero-order chi connectivity index (χ0) is 19.0. The highest BCUT2D eigenvalue weighted by molar-refractivity contribution is 5.95. The third kappa shape index (κ3) is 3.01. The van der Waals surface area contributed by atoms with Gasteiger partial charge in [-0.3, -0.25) is 19.1 Å². The van der Waals surface area contributed by atoms with Crippen molar-refractivity contribution in [1.82, 2.24) is 9.58 Å². The van der Waals surface area contributed by atoms with Crippen molar-refractivity contribution < 1.29 is 19.1 Å². The fraction of sp³-hybridized carbons (Fsp3) is 0.632. The molecule has 0 unspecified atom stereocenters. The van der Waals surface area contributed by atoms with E-state index in [4.69, 9.17) is 9.47 Å². The molecule has 4 rings (SSSR count). The first-order valence-electron chi connectivity index (χ1n) is 9.54. The summed E-state index contributed by atoms with van der Waals surface area (Å²) in [5, 5.41) is 0. The number of morpholine rings is 1. The van der Waals surface area contributed by atoms with Gasteiger partial charge in [0.05, 0.1) is 25.7 Å². The van der Waals surface area contributed by atoms with Crippen LogP contribution in [0.15, 0.2) is 17.1 Å². The summed E-state index contributed by atoms with van der Waals surface area (Å²) in [6.07, 6.45) is 5.77. The van der Waals surface area contributed by atoms with Crippen LogP contribution in [0.5, 0.6) is 0 Å². The lowest BCUT2D eigenvalue weighted by Gasteiger charge is -2.41. The number of carbonyl (C=O) groups excluding carboxylic acids is 2. The Morgan fingerprint density at radius 2 is 2.15 bits per heavy atom. The van der Waals surface area contributed by atoms with Crippen molar-refractivity contribution in [2.75, 3.05) is 32.3 Å². The first-order valence-corrected chi connectivity index (χ1v) is 9.54. The first kappa shape index (κ1) is 18.0. The van der Waals surface area contributed by atoms with Gasteiger partial charge in [-0.1, -0.05) is 12.8 Å². The number of nitrogens with zero attached hydrogens (tertiary/aromatic N) is 2. The summed E-state index contributed by atoms with van der Waals surface area (Å²) in [7, 11) is 1.41. The van der Waals surface area contributed by atoms with Gasteiger partial charge in [0.15, 0.2) is 5.43 Å². The molecule has 3 aliphatic rings. The van der Waals surface area contributed by atoms with E-state index in [0.29, 0.717) is 43.9 Å². The molecular formula is C19H25N3O5. The Balaban J connectivity index is 1.65. The molecule has 1 aromatic rings. The molecule has 1 amide bonds. The summed E-state index contributed by atoms with van der Waals surface area (Å²) in [6.45, 7) is 1.39. The topological polar surface area (TPSA) is 89.9 Å². The summed E-state index contributed by atoms with van der Waals surface area (Å²) in [4.78, 5) is 39.8. The molecule has 27 heavy (non-hydrogen) atoms. The van der Waals surface area contributed by atoms with Crippen molar-refractivity contribution in [2.24, 2.45) is 5.41 Å². The second kappa shape index (κ2) is 6.99. The van der Waals surface area contributed by atoms with Gasteiger partial charge in [-0.15, -0.1) is 0 Å². The number of nitrogens with one attached hydrogen (secondary N) is 1. The maximum atomic E-state index is 13.1. The number of aromatic nitrogens is 1. The van der Waals surface area contributed by atoms with Gasteiger partial charge in [0.25, 0.3) is 5.91 Å². The van der Waals surface area contributed by atoms with Crippen LogP contribution in [0.3, 0.4) is 0 Å². The summed E-state index contributed by atoms with van der Waals surface area (Å²) in [6, 6.07) is 1.47. The lowest BCUT2D eigenvalue weighted by molar-refractivity contribution is -0.152. The number of esters is 1. The highest BCUT2D eigenvalue weighted by Gasteiger charge is 2.43. The number of pyridine rings is 1. The number of ether oxygens (including phenoxy) is 2. The average molecular weight is 375 g/mol. The van der Waals surface area contributed by atoms with Crippen LogP contribution in [0.25, 0.3) is 0 Å². The fourth-order valence-corrected chi connectivity index (χ4v) is 4.60. The second-order valence-corrected chi connectivity index (χ2v) is 7.57. The first-order chi connectivity index (χ1) is 13.1. The van der Waals surface area contributed by atoms with Crippen LogP contribution in [0.4, 0.5) is 0 Å². The molecule has 1 saturated heterocycles. The number of fused-ring (bicyclic) bond motifs is 2. The minimum absolute atomic E-state index is 0.159. The second-order valence-electron chi connectivity index (χ2n) is 7.57. The minimum atomic E-state index is -0.540. The zero-order valence-corrected chi connectivity index (χ0v) is 15.5. The van der Waals surface area contributed by atoms with Crippen LogP contribution in [-0.4, -0.2) is 54.5 Å². The summed E-state index contributed by atoms with van der Waals surface area (Å²) < 4.78 is 12.1. The van der Waals surface area contributed by atoms with Gasteiger partial charge >= 0.3 is 5.97 Å². The molecular weight excluding hydrogens is 350 g/mol. The molecule has 8 heteroatoms. The Hall–Kier alpha value is -2.35. The Bertz CT molecular complexity index is 812. The number of hydrogen-bond acceptors (Lipinski definition) is 6. The molecule has 2 aliphatic heterocycles. The van der Waals surface area contributed by atoms with E-state index in [0.717, 1.165) is 25.7 Å². The van der Waals surface area contributed by atoms with E-state index in [1.54, 1.807) is 15.8 Å². The molecule has 146 valence electrons. The van der Waals surface area contributed by atoms with Crippen LogP contribution in [0, 0.1) is 5.41 Å². The standard InChI is InChI=1S/C19H25N3O5/c1-26-18(25)19(6-2-3-7-19)8-4-13-14(23)5-9-22-16(13)17(24)21-10-11-27-12-15(21)20-22/h5,9,15,20H,2-4,6-8,10-12H2,1H3/t15-/m0/s1. The van der Waals surface area contributed by atoms with Crippen molar-refractivity contribution in [3.63, 3.8) is 0 Å².